The van der Waals surface area contributed by atoms with Crippen molar-refractivity contribution in [2.75, 3.05) is 33.4 Å². The van der Waals surface area contributed by atoms with Crippen LogP contribution in [0, 0.1) is 0 Å². The SMILES string of the molecule is CN(C)C(=O)CN(C)C(=O)c1ccccc1N. The molecule has 0 fully saturated rings. The minimum Gasteiger partial charge on any atom is -0.398 e. The molecule has 0 unspecified atom stereocenters. The quantitative estimate of drug-likeness (QED) is 0.772. The van der Waals surface area contributed by atoms with Crippen molar-refractivity contribution in [1.82, 2.24) is 9.80 Å². The molecule has 0 aliphatic rings. The Kier molecular flexibility index (Phi) is 4.09. The van der Waals surface area contributed by atoms with Crippen molar-refractivity contribution in [3.05, 3.63) is 29.8 Å². The zero-order valence-electron chi connectivity index (χ0n) is 10.3. The van der Waals surface area contributed by atoms with Crippen LogP contribution in [0.15, 0.2) is 24.3 Å². The number of hydrogen-bond acceptors (Lipinski definition) is 3. The minimum atomic E-state index is -0.252. The number of para-hydroxylation sites is 1. The van der Waals surface area contributed by atoms with Crippen molar-refractivity contribution in [1.29, 1.82) is 0 Å². The fourth-order valence-corrected chi connectivity index (χ4v) is 1.31. The number of anilines is 1. The molecular formula is C12H17N3O2. The molecule has 5 nitrogen and oxygen atoms in total. The maximum absolute atomic E-state index is 12.0. The standard InChI is InChI=1S/C12H17N3O2/c1-14(2)11(16)8-15(3)12(17)9-6-4-5-7-10(9)13/h4-7H,8,13H2,1-3H3. The van der Waals surface area contributed by atoms with E-state index in [0.717, 1.165) is 0 Å². The number of likely N-dealkylation sites (N-methyl/N-ethyl adjacent to an activating group) is 2. The van der Waals surface area contributed by atoms with E-state index in [2.05, 4.69) is 0 Å². The molecule has 1 aromatic rings. The third kappa shape index (κ3) is 3.21. The number of hydrogen-bond donors (Lipinski definition) is 1. The molecule has 0 aliphatic heterocycles. The van der Waals surface area contributed by atoms with Gasteiger partial charge in [0.05, 0.1) is 12.1 Å². The van der Waals surface area contributed by atoms with Gasteiger partial charge in [-0.2, -0.15) is 0 Å². The van der Waals surface area contributed by atoms with Crippen LogP contribution in [0.3, 0.4) is 0 Å². The largest absolute Gasteiger partial charge is 0.398 e. The average Bonchev–Trinajstić information content (AvgIpc) is 2.28. The molecule has 0 aliphatic carbocycles. The van der Waals surface area contributed by atoms with Gasteiger partial charge in [0.15, 0.2) is 0 Å². The maximum atomic E-state index is 12.0. The van der Waals surface area contributed by atoms with Gasteiger partial charge in [-0.25, -0.2) is 0 Å². The molecular weight excluding hydrogens is 218 g/mol. The molecule has 5 heteroatoms. The molecule has 1 aromatic carbocycles. The number of carbonyl (C=O) groups excluding carboxylic acids is 2. The minimum absolute atomic E-state index is 0.0418. The summed E-state index contributed by atoms with van der Waals surface area (Å²) in [5, 5.41) is 0. The summed E-state index contributed by atoms with van der Waals surface area (Å²) >= 11 is 0. The first kappa shape index (κ1) is 13.0. The Labute approximate surface area is 101 Å². The van der Waals surface area contributed by atoms with Crippen LogP contribution in [-0.4, -0.2) is 49.3 Å². The monoisotopic (exact) mass is 235 g/mol. The number of amides is 2. The Bertz CT molecular complexity index is 430. The first-order valence-electron chi connectivity index (χ1n) is 5.23. The Morgan fingerprint density at radius 1 is 1.18 bits per heavy atom. The first-order chi connectivity index (χ1) is 7.93. The molecule has 0 heterocycles. The van der Waals surface area contributed by atoms with Crippen LogP contribution in [0.25, 0.3) is 0 Å². The fraction of sp³-hybridized carbons (Fsp3) is 0.333. The summed E-state index contributed by atoms with van der Waals surface area (Å²) in [6, 6.07) is 6.81. The molecule has 1 rings (SSSR count). The third-order valence-electron chi connectivity index (χ3n) is 2.41. The second-order valence-corrected chi connectivity index (χ2v) is 4.04. The number of nitrogens with two attached hydrogens (primary N) is 1. The maximum Gasteiger partial charge on any atom is 0.256 e. The van der Waals surface area contributed by atoms with Crippen LogP contribution in [0.5, 0.6) is 0 Å². The van der Waals surface area contributed by atoms with Gasteiger partial charge in [0.25, 0.3) is 5.91 Å². The summed E-state index contributed by atoms with van der Waals surface area (Å²) in [5.41, 5.74) is 6.54. The van der Waals surface area contributed by atoms with Gasteiger partial charge in [-0.1, -0.05) is 12.1 Å². The van der Waals surface area contributed by atoms with E-state index in [4.69, 9.17) is 5.73 Å². The lowest BCUT2D eigenvalue weighted by atomic mass is 10.1. The first-order valence-corrected chi connectivity index (χ1v) is 5.23. The third-order valence-corrected chi connectivity index (χ3v) is 2.41. The number of nitrogen functional groups attached to an aromatic ring is 1. The highest BCUT2D eigenvalue weighted by Gasteiger charge is 2.17. The predicted molar refractivity (Wildman–Crippen MR) is 66.5 cm³/mol. The molecule has 0 atom stereocenters. The molecule has 0 saturated heterocycles. The highest BCUT2D eigenvalue weighted by atomic mass is 16.2. The lowest BCUT2D eigenvalue weighted by Crippen LogP contribution is -2.38. The van der Waals surface area contributed by atoms with Gasteiger partial charge in [-0.15, -0.1) is 0 Å². The Hall–Kier alpha value is -2.04. The van der Waals surface area contributed by atoms with E-state index in [9.17, 15) is 9.59 Å². The van der Waals surface area contributed by atoms with Crippen molar-refractivity contribution in [2.45, 2.75) is 0 Å². The van der Waals surface area contributed by atoms with Crippen LogP contribution in [0.1, 0.15) is 10.4 Å². The van der Waals surface area contributed by atoms with Crippen molar-refractivity contribution < 1.29 is 9.59 Å². The lowest BCUT2D eigenvalue weighted by molar-refractivity contribution is -0.129. The lowest BCUT2D eigenvalue weighted by Gasteiger charge is -2.19. The van der Waals surface area contributed by atoms with Crippen molar-refractivity contribution in [3.63, 3.8) is 0 Å². The van der Waals surface area contributed by atoms with E-state index in [1.807, 2.05) is 0 Å². The fourth-order valence-electron chi connectivity index (χ4n) is 1.31. The van der Waals surface area contributed by atoms with Crippen molar-refractivity contribution in [3.8, 4) is 0 Å². The number of benzene rings is 1. The molecule has 0 radical (unpaired) electrons. The van der Waals surface area contributed by atoms with Gasteiger partial charge in [0, 0.05) is 26.8 Å². The van der Waals surface area contributed by atoms with Crippen molar-refractivity contribution >= 4 is 17.5 Å². The van der Waals surface area contributed by atoms with E-state index in [1.54, 1.807) is 45.4 Å². The zero-order valence-corrected chi connectivity index (χ0v) is 10.3. The van der Waals surface area contributed by atoms with E-state index in [0.29, 0.717) is 11.3 Å². The summed E-state index contributed by atoms with van der Waals surface area (Å²) in [4.78, 5) is 26.3. The predicted octanol–water partition coefficient (Wildman–Crippen LogP) is 0.429. The Balaban J connectivity index is 2.77. The van der Waals surface area contributed by atoms with Gasteiger partial charge in [-0.3, -0.25) is 9.59 Å². The van der Waals surface area contributed by atoms with Gasteiger partial charge in [-0.05, 0) is 12.1 Å². The number of carbonyl (C=O) groups is 2. The molecule has 92 valence electrons. The molecule has 17 heavy (non-hydrogen) atoms. The summed E-state index contributed by atoms with van der Waals surface area (Å²) in [6.07, 6.45) is 0. The van der Waals surface area contributed by atoms with E-state index >= 15 is 0 Å². The van der Waals surface area contributed by atoms with Crippen LogP contribution in [-0.2, 0) is 4.79 Å². The highest BCUT2D eigenvalue weighted by Crippen LogP contribution is 2.12. The van der Waals surface area contributed by atoms with Gasteiger partial charge in [0.1, 0.15) is 0 Å². The van der Waals surface area contributed by atoms with Gasteiger partial charge in [0.2, 0.25) is 5.91 Å². The molecule has 2 amide bonds. The topological polar surface area (TPSA) is 66.6 Å². The highest BCUT2D eigenvalue weighted by molar-refractivity contribution is 6.00. The van der Waals surface area contributed by atoms with E-state index in [1.165, 1.54) is 9.80 Å². The normalized spacial score (nSPS) is 9.82. The summed E-state index contributed by atoms with van der Waals surface area (Å²) in [7, 11) is 4.88. The molecule has 2 N–H and O–H groups in total. The van der Waals surface area contributed by atoms with Crippen LogP contribution in [0.4, 0.5) is 5.69 Å². The smallest absolute Gasteiger partial charge is 0.256 e. The second kappa shape index (κ2) is 5.34. The summed E-state index contributed by atoms with van der Waals surface area (Å²) < 4.78 is 0. The van der Waals surface area contributed by atoms with Gasteiger partial charge >= 0.3 is 0 Å². The van der Waals surface area contributed by atoms with Crippen LogP contribution in [0.2, 0.25) is 0 Å². The average molecular weight is 235 g/mol. The molecule has 0 bridgehead atoms. The van der Waals surface area contributed by atoms with Gasteiger partial charge < -0.3 is 15.5 Å². The molecule has 0 saturated carbocycles. The number of nitrogens with zero attached hydrogens (tertiary/aromatic N) is 2. The molecule has 0 aromatic heterocycles. The Morgan fingerprint density at radius 2 is 1.76 bits per heavy atom. The van der Waals surface area contributed by atoms with E-state index in [-0.39, 0.29) is 18.4 Å². The summed E-state index contributed by atoms with van der Waals surface area (Å²) in [5.74, 6) is -0.381. The number of rotatable bonds is 3. The van der Waals surface area contributed by atoms with Crippen LogP contribution < -0.4 is 5.73 Å². The second-order valence-electron chi connectivity index (χ2n) is 4.04. The Morgan fingerprint density at radius 3 is 2.29 bits per heavy atom. The van der Waals surface area contributed by atoms with Crippen molar-refractivity contribution in [2.24, 2.45) is 0 Å². The van der Waals surface area contributed by atoms with Crippen LogP contribution >= 0.6 is 0 Å². The zero-order chi connectivity index (χ0) is 13.0. The van der Waals surface area contributed by atoms with E-state index < -0.39 is 0 Å². The molecule has 0 spiro atoms. The summed E-state index contributed by atoms with van der Waals surface area (Å²) in [6.45, 7) is 0.0418.